The van der Waals surface area contributed by atoms with Crippen LogP contribution in [0.1, 0.15) is 32.2 Å². The Morgan fingerprint density at radius 2 is 2.21 bits per heavy atom. The lowest BCUT2D eigenvalue weighted by Gasteiger charge is -2.17. The zero-order valence-electron chi connectivity index (χ0n) is 8.93. The number of nitrogens with one attached hydrogen (secondary N) is 1. The van der Waals surface area contributed by atoms with E-state index in [1.54, 1.807) is 6.20 Å². The molecule has 0 amide bonds. The largest absolute Gasteiger partial charge is 0.310 e. The van der Waals surface area contributed by atoms with Gasteiger partial charge in [0.1, 0.15) is 9.34 Å². The van der Waals surface area contributed by atoms with Gasteiger partial charge in [0.2, 0.25) is 0 Å². The van der Waals surface area contributed by atoms with Gasteiger partial charge in [-0.05, 0) is 18.4 Å². The number of aromatic nitrogens is 1. The van der Waals surface area contributed by atoms with Gasteiger partial charge < -0.3 is 5.32 Å². The fourth-order valence-electron chi connectivity index (χ4n) is 1.03. The summed E-state index contributed by atoms with van der Waals surface area (Å²) in [5, 5.41) is 4.42. The number of hydrogen-bond acceptors (Lipinski definition) is 3. The zero-order chi connectivity index (χ0) is 10.6. The van der Waals surface area contributed by atoms with E-state index in [0.717, 1.165) is 22.4 Å². The number of rotatable bonds is 4. The van der Waals surface area contributed by atoms with Gasteiger partial charge in [0, 0.05) is 6.54 Å². The van der Waals surface area contributed by atoms with Crippen LogP contribution in [0.25, 0.3) is 0 Å². The molecule has 0 saturated carbocycles. The molecule has 0 fully saturated rings. The van der Waals surface area contributed by atoms with E-state index in [0.29, 0.717) is 5.41 Å². The lowest BCUT2D eigenvalue weighted by atomic mass is 9.92. The maximum absolute atomic E-state index is 5.77. The van der Waals surface area contributed by atoms with Gasteiger partial charge in [0.25, 0.3) is 0 Å². The molecule has 80 valence electrons. The molecule has 14 heavy (non-hydrogen) atoms. The molecule has 0 spiro atoms. The molecular formula is C10H17ClN2S. The molecule has 0 aliphatic heterocycles. The Labute approximate surface area is 94.7 Å². The SMILES string of the molecule is CC(C)(C)CCNCc1ncc(Cl)s1. The molecular weight excluding hydrogens is 216 g/mol. The van der Waals surface area contributed by atoms with E-state index in [1.165, 1.54) is 17.8 Å². The fourth-order valence-corrected chi connectivity index (χ4v) is 1.95. The second-order valence-corrected chi connectivity index (χ2v) is 6.29. The molecule has 0 bridgehead atoms. The molecule has 4 heteroatoms. The lowest BCUT2D eigenvalue weighted by Crippen LogP contribution is -2.20. The summed E-state index contributed by atoms with van der Waals surface area (Å²) in [5.74, 6) is 0. The van der Waals surface area contributed by atoms with Crippen LogP contribution in [-0.2, 0) is 6.54 Å². The van der Waals surface area contributed by atoms with Crippen LogP contribution >= 0.6 is 22.9 Å². The first-order valence-electron chi connectivity index (χ1n) is 4.78. The smallest absolute Gasteiger partial charge is 0.113 e. The van der Waals surface area contributed by atoms with Crippen molar-refractivity contribution in [3.05, 3.63) is 15.5 Å². The van der Waals surface area contributed by atoms with Crippen molar-refractivity contribution >= 4 is 22.9 Å². The minimum absolute atomic E-state index is 0.396. The van der Waals surface area contributed by atoms with E-state index in [4.69, 9.17) is 11.6 Å². The molecule has 1 aromatic rings. The minimum Gasteiger partial charge on any atom is -0.310 e. The number of halogens is 1. The molecule has 1 heterocycles. The second kappa shape index (κ2) is 5.10. The molecule has 0 aromatic carbocycles. The maximum atomic E-state index is 5.77. The fraction of sp³-hybridized carbons (Fsp3) is 0.700. The lowest BCUT2D eigenvalue weighted by molar-refractivity contribution is 0.366. The van der Waals surface area contributed by atoms with E-state index >= 15 is 0 Å². The van der Waals surface area contributed by atoms with Crippen molar-refractivity contribution in [3.63, 3.8) is 0 Å². The summed E-state index contributed by atoms with van der Waals surface area (Å²) in [5.41, 5.74) is 0.396. The van der Waals surface area contributed by atoms with Crippen molar-refractivity contribution < 1.29 is 0 Å². The summed E-state index contributed by atoms with van der Waals surface area (Å²) in [4.78, 5) is 4.17. The Hall–Kier alpha value is -0.120. The monoisotopic (exact) mass is 232 g/mol. The van der Waals surface area contributed by atoms with Gasteiger partial charge in [-0.25, -0.2) is 4.98 Å². The van der Waals surface area contributed by atoms with E-state index in [9.17, 15) is 0 Å². The summed E-state index contributed by atoms with van der Waals surface area (Å²) in [7, 11) is 0. The first-order chi connectivity index (χ1) is 6.47. The molecule has 0 aliphatic carbocycles. The average molecular weight is 233 g/mol. The van der Waals surface area contributed by atoms with Crippen molar-refractivity contribution in [3.8, 4) is 0 Å². The van der Waals surface area contributed by atoms with E-state index in [1.807, 2.05) is 0 Å². The topological polar surface area (TPSA) is 24.9 Å². The van der Waals surface area contributed by atoms with Crippen LogP contribution in [0.4, 0.5) is 0 Å². The third-order valence-corrected chi connectivity index (χ3v) is 2.97. The molecule has 0 aliphatic rings. The van der Waals surface area contributed by atoms with Crippen molar-refractivity contribution in [2.45, 2.75) is 33.7 Å². The standard InChI is InChI=1S/C10H17ClN2S/c1-10(2,3)4-5-12-7-9-13-6-8(11)14-9/h6,12H,4-5,7H2,1-3H3. The third-order valence-electron chi connectivity index (χ3n) is 1.85. The van der Waals surface area contributed by atoms with Gasteiger partial charge >= 0.3 is 0 Å². The van der Waals surface area contributed by atoms with Gasteiger partial charge in [-0.2, -0.15) is 0 Å². The van der Waals surface area contributed by atoms with E-state index in [2.05, 4.69) is 31.1 Å². The van der Waals surface area contributed by atoms with Gasteiger partial charge in [-0.1, -0.05) is 32.4 Å². The summed E-state index contributed by atoms with van der Waals surface area (Å²) >= 11 is 7.31. The quantitative estimate of drug-likeness (QED) is 0.806. The predicted molar refractivity (Wildman–Crippen MR) is 62.9 cm³/mol. The van der Waals surface area contributed by atoms with Crippen molar-refractivity contribution in [1.29, 1.82) is 0 Å². The maximum Gasteiger partial charge on any atom is 0.113 e. The van der Waals surface area contributed by atoms with Crippen LogP contribution in [0, 0.1) is 5.41 Å². The third kappa shape index (κ3) is 4.94. The summed E-state index contributed by atoms with van der Waals surface area (Å²) < 4.78 is 0.762. The number of nitrogens with zero attached hydrogens (tertiary/aromatic N) is 1. The first-order valence-corrected chi connectivity index (χ1v) is 5.98. The Bertz CT molecular complexity index is 278. The van der Waals surface area contributed by atoms with Crippen LogP contribution in [0.2, 0.25) is 4.34 Å². The molecule has 0 saturated heterocycles. The summed E-state index contributed by atoms with van der Waals surface area (Å²) in [6.45, 7) is 8.59. The molecule has 1 aromatic heterocycles. The molecule has 2 nitrogen and oxygen atoms in total. The number of hydrogen-bond donors (Lipinski definition) is 1. The van der Waals surface area contributed by atoms with Gasteiger partial charge in [-0.3, -0.25) is 0 Å². The van der Waals surface area contributed by atoms with Crippen LogP contribution < -0.4 is 5.32 Å². The Morgan fingerprint density at radius 1 is 1.50 bits per heavy atom. The van der Waals surface area contributed by atoms with Gasteiger partial charge in [0.05, 0.1) is 6.20 Å². The highest BCUT2D eigenvalue weighted by molar-refractivity contribution is 7.15. The average Bonchev–Trinajstić information content (AvgIpc) is 2.44. The molecule has 1 N–H and O–H groups in total. The Balaban J connectivity index is 2.16. The van der Waals surface area contributed by atoms with Gasteiger partial charge in [-0.15, -0.1) is 11.3 Å². The van der Waals surface area contributed by atoms with Crippen LogP contribution in [0.15, 0.2) is 6.20 Å². The molecule has 0 radical (unpaired) electrons. The van der Waals surface area contributed by atoms with Gasteiger partial charge in [0.15, 0.2) is 0 Å². The van der Waals surface area contributed by atoms with E-state index in [-0.39, 0.29) is 0 Å². The zero-order valence-corrected chi connectivity index (χ0v) is 10.5. The Morgan fingerprint density at radius 3 is 2.71 bits per heavy atom. The predicted octanol–water partition coefficient (Wildman–Crippen LogP) is 3.32. The highest BCUT2D eigenvalue weighted by Gasteiger charge is 2.08. The van der Waals surface area contributed by atoms with Crippen molar-refractivity contribution in [2.24, 2.45) is 5.41 Å². The highest BCUT2D eigenvalue weighted by Crippen LogP contribution is 2.19. The van der Waals surface area contributed by atoms with E-state index < -0.39 is 0 Å². The van der Waals surface area contributed by atoms with Crippen LogP contribution in [0.3, 0.4) is 0 Å². The minimum atomic E-state index is 0.396. The van der Waals surface area contributed by atoms with Crippen LogP contribution in [0.5, 0.6) is 0 Å². The normalized spacial score (nSPS) is 12.0. The summed E-state index contributed by atoms with van der Waals surface area (Å²) in [6, 6.07) is 0. The first kappa shape index (κ1) is 12.0. The molecule has 1 rings (SSSR count). The van der Waals surface area contributed by atoms with Crippen LogP contribution in [-0.4, -0.2) is 11.5 Å². The summed E-state index contributed by atoms with van der Waals surface area (Å²) in [6.07, 6.45) is 2.87. The number of thiazole rings is 1. The second-order valence-electron chi connectivity index (χ2n) is 4.55. The molecule has 0 atom stereocenters. The van der Waals surface area contributed by atoms with Crippen molar-refractivity contribution in [1.82, 2.24) is 10.3 Å². The Kier molecular flexibility index (Phi) is 4.35. The molecule has 0 unspecified atom stereocenters. The van der Waals surface area contributed by atoms with Crippen molar-refractivity contribution in [2.75, 3.05) is 6.54 Å². The highest BCUT2D eigenvalue weighted by atomic mass is 35.5.